The molecule has 0 amide bonds. The third kappa shape index (κ3) is 4.57. The highest BCUT2D eigenvalue weighted by Crippen LogP contribution is 2.22. The topological polar surface area (TPSA) is 12.0 Å². The summed E-state index contributed by atoms with van der Waals surface area (Å²) in [7, 11) is 0. The first-order valence-electron chi connectivity index (χ1n) is 8.44. The molecule has 2 atom stereocenters. The molecule has 1 N–H and O–H groups in total. The minimum Gasteiger partial charge on any atom is -0.314 e. The molecular formula is C20H29N. The van der Waals surface area contributed by atoms with Crippen LogP contribution in [0.5, 0.6) is 0 Å². The largest absolute Gasteiger partial charge is 0.314 e. The number of rotatable bonds is 8. The van der Waals surface area contributed by atoms with Gasteiger partial charge in [0.25, 0.3) is 0 Å². The molecule has 0 radical (unpaired) electrons. The van der Waals surface area contributed by atoms with Gasteiger partial charge >= 0.3 is 0 Å². The predicted molar refractivity (Wildman–Crippen MR) is 93.8 cm³/mol. The summed E-state index contributed by atoms with van der Waals surface area (Å²) in [6.07, 6.45) is 5.01. The predicted octanol–water partition coefficient (Wildman–Crippen LogP) is 5.19. The molecule has 0 aliphatic heterocycles. The maximum absolute atomic E-state index is 3.69. The van der Waals surface area contributed by atoms with Gasteiger partial charge in [0.1, 0.15) is 0 Å². The van der Waals surface area contributed by atoms with E-state index in [0.717, 1.165) is 18.9 Å². The van der Waals surface area contributed by atoms with Crippen LogP contribution in [0, 0.1) is 5.92 Å². The Bertz CT molecular complexity index is 541. The Morgan fingerprint density at radius 1 is 1.00 bits per heavy atom. The van der Waals surface area contributed by atoms with Gasteiger partial charge in [0.15, 0.2) is 0 Å². The molecule has 0 bridgehead atoms. The number of likely N-dealkylation sites (N-methyl/N-ethyl adjacent to an activating group) is 1. The van der Waals surface area contributed by atoms with Gasteiger partial charge in [-0.15, -0.1) is 0 Å². The van der Waals surface area contributed by atoms with Crippen molar-refractivity contribution in [1.29, 1.82) is 0 Å². The lowest BCUT2D eigenvalue weighted by Gasteiger charge is -2.22. The van der Waals surface area contributed by atoms with E-state index in [9.17, 15) is 0 Å². The van der Waals surface area contributed by atoms with Crippen molar-refractivity contribution < 1.29 is 0 Å². The van der Waals surface area contributed by atoms with Gasteiger partial charge < -0.3 is 5.32 Å². The van der Waals surface area contributed by atoms with Crippen LogP contribution in [0.1, 0.15) is 45.6 Å². The van der Waals surface area contributed by atoms with Crippen molar-refractivity contribution in [3.05, 3.63) is 48.0 Å². The summed E-state index contributed by atoms with van der Waals surface area (Å²) in [6.45, 7) is 7.93. The van der Waals surface area contributed by atoms with Gasteiger partial charge in [-0.2, -0.15) is 0 Å². The highest BCUT2D eigenvalue weighted by Gasteiger charge is 2.14. The smallest absolute Gasteiger partial charge is 0.0110 e. The van der Waals surface area contributed by atoms with E-state index in [1.54, 1.807) is 0 Å². The molecule has 2 unspecified atom stereocenters. The lowest BCUT2D eigenvalue weighted by molar-refractivity contribution is 0.386. The average Bonchev–Trinajstić information content (AvgIpc) is 2.48. The van der Waals surface area contributed by atoms with Crippen molar-refractivity contribution in [3.8, 4) is 0 Å². The van der Waals surface area contributed by atoms with Gasteiger partial charge in [-0.25, -0.2) is 0 Å². The van der Waals surface area contributed by atoms with Gasteiger partial charge in [0, 0.05) is 6.04 Å². The van der Waals surface area contributed by atoms with E-state index < -0.39 is 0 Å². The molecule has 2 aromatic carbocycles. The monoisotopic (exact) mass is 283 g/mol. The van der Waals surface area contributed by atoms with Crippen molar-refractivity contribution in [2.75, 3.05) is 6.54 Å². The molecule has 114 valence electrons. The number of hydrogen-bond acceptors (Lipinski definition) is 1. The molecular weight excluding hydrogens is 254 g/mol. The second-order valence-corrected chi connectivity index (χ2v) is 6.23. The van der Waals surface area contributed by atoms with Crippen molar-refractivity contribution in [2.45, 2.75) is 52.5 Å². The van der Waals surface area contributed by atoms with E-state index in [-0.39, 0.29) is 0 Å². The quantitative estimate of drug-likeness (QED) is 0.703. The standard InChI is InChI=1S/C20H29N/c1-4-9-16(3)14-19(21-5-2)15-18-12-8-11-17-10-6-7-13-20(17)18/h6-8,10-13,16,19,21H,4-5,9,14-15H2,1-3H3. The van der Waals surface area contributed by atoms with Crippen LogP contribution in [0.3, 0.4) is 0 Å². The molecule has 21 heavy (non-hydrogen) atoms. The van der Waals surface area contributed by atoms with Crippen LogP contribution in [0.4, 0.5) is 0 Å². The van der Waals surface area contributed by atoms with Crippen LogP contribution in [0.25, 0.3) is 10.8 Å². The summed E-state index contributed by atoms with van der Waals surface area (Å²) < 4.78 is 0. The lowest BCUT2D eigenvalue weighted by atomic mass is 9.91. The van der Waals surface area contributed by atoms with Gasteiger partial charge in [0.2, 0.25) is 0 Å². The lowest BCUT2D eigenvalue weighted by Crippen LogP contribution is -2.32. The van der Waals surface area contributed by atoms with Crippen molar-refractivity contribution in [2.24, 2.45) is 5.92 Å². The molecule has 2 rings (SSSR count). The number of nitrogens with one attached hydrogen (secondary N) is 1. The fourth-order valence-electron chi connectivity index (χ4n) is 3.36. The van der Waals surface area contributed by atoms with Crippen LogP contribution in [0.2, 0.25) is 0 Å². The van der Waals surface area contributed by atoms with Gasteiger partial charge in [-0.3, -0.25) is 0 Å². The number of hydrogen-bond donors (Lipinski definition) is 1. The van der Waals surface area contributed by atoms with Crippen molar-refractivity contribution in [1.82, 2.24) is 5.32 Å². The maximum Gasteiger partial charge on any atom is 0.0110 e. The van der Waals surface area contributed by atoms with Crippen LogP contribution in [0.15, 0.2) is 42.5 Å². The van der Waals surface area contributed by atoms with Gasteiger partial charge in [-0.05, 0) is 41.6 Å². The third-order valence-corrected chi connectivity index (χ3v) is 4.31. The Labute approximate surface area is 129 Å². The van der Waals surface area contributed by atoms with Gasteiger partial charge in [0.05, 0.1) is 0 Å². The second kappa shape index (κ2) is 8.19. The summed E-state index contributed by atoms with van der Waals surface area (Å²) in [5.41, 5.74) is 1.47. The molecule has 0 fully saturated rings. The average molecular weight is 283 g/mol. The van der Waals surface area contributed by atoms with E-state index in [2.05, 4.69) is 68.6 Å². The summed E-state index contributed by atoms with van der Waals surface area (Å²) in [5.74, 6) is 0.800. The molecule has 1 heteroatoms. The molecule has 0 saturated carbocycles. The first-order chi connectivity index (χ1) is 10.2. The molecule has 2 aromatic rings. The first-order valence-corrected chi connectivity index (χ1v) is 8.44. The van der Waals surface area contributed by atoms with E-state index in [4.69, 9.17) is 0 Å². The molecule has 0 heterocycles. The highest BCUT2D eigenvalue weighted by atomic mass is 14.9. The fourth-order valence-corrected chi connectivity index (χ4v) is 3.36. The Balaban J connectivity index is 2.14. The summed E-state index contributed by atoms with van der Waals surface area (Å²) in [6, 6.07) is 16.0. The number of benzene rings is 2. The second-order valence-electron chi connectivity index (χ2n) is 6.23. The summed E-state index contributed by atoms with van der Waals surface area (Å²) >= 11 is 0. The molecule has 0 spiro atoms. The summed E-state index contributed by atoms with van der Waals surface area (Å²) in [4.78, 5) is 0. The SMILES string of the molecule is CCCC(C)CC(Cc1cccc2ccccc12)NCC. The molecule has 0 saturated heterocycles. The van der Waals surface area contributed by atoms with Crippen LogP contribution in [-0.4, -0.2) is 12.6 Å². The van der Waals surface area contributed by atoms with Crippen LogP contribution < -0.4 is 5.32 Å². The van der Waals surface area contributed by atoms with E-state index in [1.165, 1.54) is 35.6 Å². The normalized spacial score (nSPS) is 14.2. The van der Waals surface area contributed by atoms with Crippen LogP contribution >= 0.6 is 0 Å². The van der Waals surface area contributed by atoms with E-state index in [1.807, 2.05) is 0 Å². The van der Waals surface area contributed by atoms with Crippen LogP contribution in [-0.2, 0) is 6.42 Å². The number of fused-ring (bicyclic) bond motifs is 1. The van der Waals surface area contributed by atoms with E-state index >= 15 is 0 Å². The van der Waals surface area contributed by atoms with Gasteiger partial charge in [-0.1, -0.05) is 76.1 Å². The minimum absolute atomic E-state index is 0.586. The Morgan fingerprint density at radius 2 is 1.76 bits per heavy atom. The van der Waals surface area contributed by atoms with E-state index in [0.29, 0.717) is 6.04 Å². The van der Waals surface area contributed by atoms with Crippen molar-refractivity contribution in [3.63, 3.8) is 0 Å². The zero-order valence-electron chi connectivity index (χ0n) is 13.7. The Kier molecular flexibility index (Phi) is 6.25. The zero-order chi connectivity index (χ0) is 15.1. The minimum atomic E-state index is 0.586. The third-order valence-electron chi connectivity index (χ3n) is 4.31. The summed E-state index contributed by atoms with van der Waals surface area (Å²) in [5, 5.41) is 6.45. The molecule has 1 nitrogen and oxygen atoms in total. The first kappa shape index (κ1) is 16.0. The highest BCUT2D eigenvalue weighted by molar-refractivity contribution is 5.85. The zero-order valence-corrected chi connectivity index (χ0v) is 13.7. The maximum atomic E-state index is 3.69. The molecule has 0 aliphatic rings. The van der Waals surface area contributed by atoms with Crippen molar-refractivity contribution >= 4 is 10.8 Å². The Morgan fingerprint density at radius 3 is 2.52 bits per heavy atom. The molecule has 0 aliphatic carbocycles. The Hall–Kier alpha value is -1.34. The fraction of sp³-hybridized carbons (Fsp3) is 0.500. The molecule has 0 aromatic heterocycles.